The molecule has 1 aliphatic heterocycles. The van der Waals surface area contributed by atoms with Crippen LogP contribution in [0.15, 0.2) is 42.5 Å². The summed E-state index contributed by atoms with van der Waals surface area (Å²) in [4.78, 5) is 41.7. The summed E-state index contributed by atoms with van der Waals surface area (Å²) in [5.74, 6) is -2.10. The van der Waals surface area contributed by atoms with Gasteiger partial charge in [-0.2, -0.15) is 0 Å². The van der Waals surface area contributed by atoms with E-state index in [4.69, 9.17) is 0 Å². The molecule has 1 aliphatic rings. The Balaban J connectivity index is 1.69. The number of carboxylic acids is 1. The second kappa shape index (κ2) is 9.57. The molecule has 0 atom stereocenters. The van der Waals surface area contributed by atoms with Gasteiger partial charge in [-0.1, -0.05) is 0 Å². The van der Waals surface area contributed by atoms with Crippen molar-refractivity contribution in [2.24, 2.45) is 0 Å². The molecule has 0 aliphatic carbocycles. The molecule has 8 nitrogen and oxygen atoms in total. The predicted molar refractivity (Wildman–Crippen MR) is 115 cm³/mol. The van der Waals surface area contributed by atoms with Crippen LogP contribution in [0.4, 0.5) is 15.8 Å². The van der Waals surface area contributed by atoms with E-state index in [1.807, 2.05) is 0 Å². The number of amides is 2. The zero-order valence-electron chi connectivity index (χ0n) is 17.5. The molecule has 1 heterocycles. The maximum absolute atomic E-state index is 13.1. The molecule has 2 aromatic rings. The maximum atomic E-state index is 13.1. The molecule has 31 heavy (non-hydrogen) atoms. The van der Waals surface area contributed by atoms with Crippen molar-refractivity contribution < 1.29 is 23.9 Å². The number of halogens is 1. The number of anilines is 2. The van der Waals surface area contributed by atoms with Gasteiger partial charge in [0, 0.05) is 51.5 Å². The van der Waals surface area contributed by atoms with Crippen molar-refractivity contribution in [3.8, 4) is 0 Å². The van der Waals surface area contributed by atoms with Crippen LogP contribution < -0.4 is 10.2 Å². The molecule has 1 saturated heterocycles. The molecular formula is C22H25FN4O4. The third kappa shape index (κ3) is 5.58. The summed E-state index contributed by atoms with van der Waals surface area (Å²) in [6, 6.07) is 9.85. The summed E-state index contributed by atoms with van der Waals surface area (Å²) in [5, 5.41) is 12.2. The Labute approximate surface area is 179 Å². The van der Waals surface area contributed by atoms with Gasteiger partial charge in [-0.15, -0.1) is 0 Å². The molecule has 2 N–H and O–H groups in total. The molecule has 164 valence electrons. The van der Waals surface area contributed by atoms with E-state index in [1.54, 1.807) is 31.1 Å². The van der Waals surface area contributed by atoms with Gasteiger partial charge in [0.1, 0.15) is 5.82 Å². The number of aromatic carboxylic acids is 1. The lowest BCUT2D eigenvalue weighted by Crippen LogP contribution is -2.49. The summed E-state index contributed by atoms with van der Waals surface area (Å²) in [7, 11) is 3.45. The highest BCUT2D eigenvalue weighted by molar-refractivity contribution is 6.08. The fraction of sp³-hybridized carbons (Fsp3) is 0.318. The van der Waals surface area contributed by atoms with Crippen LogP contribution >= 0.6 is 0 Å². The first kappa shape index (κ1) is 22.2. The summed E-state index contributed by atoms with van der Waals surface area (Å²) in [5.41, 5.74) is 1.10. The SMILES string of the molecule is CN(C)C(=O)CN1CCN(c2ccc(NC(=O)c3ccc(F)cc3)c(C(=O)O)c2)CC1. The van der Waals surface area contributed by atoms with Crippen molar-refractivity contribution >= 4 is 29.2 Å². The van der Waals surface area contributed by atoms with Crippen molar-refractivity contribution in [1.82, 2.24) is 9.80 Å². The fourth-order valence-electron chi connectivity index (χ4n) is 3.31. The molecule has 0 saturated carbocycles. The molecule has 0 radical (unpaired) electrons. The topological polar surface area (TPSA) is 93.2 Å². The first-order chi connectivity index (χ1) is 14.7. The van der Waals surface area contributed by atoms with Crippen molar-refractivity contribution in [1.29, 1.82) is 0 Å². The van der Waals surface area contributed by atoms with Gasteiger partial charge in [0.2, 0.25) is 5.91 Å². The fourth-order valence-corrected chi connectivity index (χ4v) is 3.31. The van der Waals surface area contributed by atoms with Crippen LogP contribution in [-0.2, 0) is 4.79 Å². The second-order valence-electron chi connectivity index (χ2n) is 7.55. The first-order valence-electron chi connectivity index (χ1n) is 9.86. The number of carbonyl (C=O) groups excluding carboxylic acids is 2. The Morgan fingerprint density at radius 2 is 1.68 bits per heavy atom. The molecular weight excluding hydrogens is 403 g/mol. The van der Waals surface area contributed by atoms with Crippen molar-refractivity contribution in [2.75, 3.05) is 57.0 Å². The van der Waals surface area contributed by atoms with E-state index >= 15 is 0 Å². The van der Waals surface area contributed by atoms with Crippen LogP contribution in [0.5, 0.6) is 0 Å². The Morgan fingerprint density at radius 1 is 1.03 bits per heavy atom. The van der Waals surface area contributed by atoms with E-state index < -0.39 is 17.7 Å². The maximum Gasteiger partial charge on any atom is 0.337 e. The average molecular weight is 428 g/mol. The number of nitrogens with zero attached hydrogens (tertiary/aromatic N) is 3. The number of hydrogen-bond donors (Lipinski definition) is 2. The molecule has 0 unspecified atom stereocenters. The number of hydrogen-bond acceptors (Lipinski definition) is 5. The quantitative estimate of drug-likeness (QED) is 0.731. The van der Waals surface area contributed by atoms with E-state index in [0.29, 0.717) is 32.7 Å². The molecule has 9 heteroatoms. The highest BCUT2D eigenvalue weighted by Crippen LogP contribution is 2.25. The number of piperazine rings is 1. The molecule has 0 aromatic heterocycles. The van der Waals surface area contributed by atoms with Crippen LogP contribution in [-0.4, -0.2) is 79.5 Å². The molecule has 1 fully saturated rings. The van der Waals surface area contributed by atoms with Gasteiger partial charge in [-0.05, 0) is 42.5 Å². The van der Waals surface area contributed by atoms with E-state index in [2.05, 4.69) is 15.1 Å². The van der Waals surface area contributed by atoms with Gasteiger partial charge in [0.05, 0.1) is 17.8 Å². The number of carboxylic acid groups (broad SMARTS) is 1. The average Bonchev–Trinajstić information content (AvgIpc) is 2.74. The van der Waals surface area contributed by atoms with E-state index in [1.165, 1.54) is 30.3 Å². The van der Waals surface area contributed by atoms with E-state index in [9.17, 15) is 23.9 Å². The molecule has 0 bridgehead atoms. The summed E-state index contributed by atoms with van der Waals surface area (Å²) in [6.07, 6.45) is 0. The van der Waals surface area contributed by atoms with Gasteiger partial charge in [-0.25, -0.2) is 9.18 Å². The minimum absolute atomic E-state index is 0.0295. The highest BCUT2D eigenvalue weighted by atomic mass is 19.1. The van der Waals surface area contributed by atoms with Crippen LogP contribution in [0.25, 0.3) is 0 Å². The third-order valence-electron chi connectivity index (χ3n) is 5.18. The zero-order chi connectivity index (χ0) is 22.5. The van der Waals surface area contributed by atoms with Crippen LogP contribution in [0.3, 0.4) is 0 Å². The lowest BCUT2D eigenvalue weighted by molar-refractivity contribution is -0.129. The predicted octanol–water partition coefficient (Wildman–Crippen LogP) is 1.99. The summed E-state index contributed by atoms with van der Waals surface area (Å²) < 4.78 is 13.1. The minimum atomic E-state index is -1.16. The molecule has 3 rings (SSSR count). The van der Waals surface area contributed by atoms with Gasteiger partial charge in [-0.3, -0.25) is 14.5 Å². The lowest BCUT2D eigenvalue weighted by atomic mass is 10.1. The number of rotatable bonds is 6. The Kier molecular flexibility index (Phi) is 6.86. The van der Waals surface area contributed by atoms with Crippen molar-refractivity contribution in [3.63, 3.8) is 0 Å². The van der Waals surface area contributed by atoms with Crippen molar-refractivity contribution in [3.05, 3.63) is 59.4 Å². The monoisotopic (exact) mass is 428 g/mol. The van der Waals surface area contributed by atoms with E-state index in [0.717, 1.165) is 5.69 Å². The summed E-state index contributed by atoms with van der Waals surface area (Å²) >= 11 is 0. The van der Waals surface area contributed by atoms with Crippen LogP contribution in [0.2, 0.25) is 0 Å². The smallest absolute Gasteiger partial charge is 0.337 e. The Bertz CT molecular complexity index is 970. The number of likely N-dealkylation sites (N-methyl/N-ethyl adjacent to an activating group) is 1. The molecule has 2 amide bonds. The van der Waals surface area contributed by atoms with Crippen LogP contribution in [0.1, 0.15) is 20.7 Å². The third-order valence-corrected chi connectivity index (χ3v) is 5.18. The van der Waals surface area contributed by atoms with Crippen molar-refractivity contribution in [2.45, 2.75) is 0 Å². The Hall–Kier alpha value is -3.46. The zero-order valence-corrected chi connectivity index (χ0v) is 17.5. The second-order valence-corrected chi connectivity index (χ2v) is 7.55. The van der Waals surface area contributed by atoms with Gasteiger partial charge in [0.25, 0.3) is 5.91 Å². The molecule has 2 aromatic carbocycles. The van der Waals surface area contributed by atoms with Crippen LogP contribution in [0, 0.1) is 5.82 Å². The van der Waals surface area contributed by atoms with E-state index in [-0.39, 0.29) is 22.7 Å². The lowest BCUT2D eigenvalue weighted by Gasteiger charge is -2.36. The molecule has 0 spiro atoms. The minimum Gasteiger partial charge on any atom is -0.478 e. The first-order valence-corrected chi connectivity index (χ1v) is 9.86. The van der Waals surface area contributed by atoms with Gasteiger partial charge < -0.3 is 20.2 Å². The number of carbonyl (C=O) groups is 3. The standard InChI is InChI=1S/C22H25FN4O4/c1-25(2)20(28)14-26-9-11-27(12-10-26)17-7-8-19(18(13-17)22(30)31)24-21(29)15-3-5-16(23)6-4-15/h3-8,13H,9-12,14H2,1-2H3,(H,24,29)(H,30,31). The Morgan fingerprint density at radius 3 is 2.26 bits per heavy atom. The van der Waals surface area contributed by atoms with Gasteiger partial charge in [0.15, 0.2) is 0 Å². The number of nitrogens with one attached hydrogen (secondary N) is 1. The highest BCUT2D eigenvalue weighted by Gasteiger charge is 2.22. The normalized spacial score (nSPS) is 14.2. The van der Waals surface area contributed by atoms with Gasteiger partial charge >= 0.3 is 5.97 Å². The number of benzene rings is 2. The largest absolute Gasteiger partial charge is 0.478 e. The summed E-state index contributed by atoms with van der Waals surface area (Å²) in [6.45, 7) is 3.04.